The lowest BCUT2D eigenvalue weighted by molar-refractivity contribution is 0.288. The van der Waals surface area contributed by atoms with E-state index in [1.807, 2.05) is 0 Å². The molecule has 0 aromatic heterocycles. The number of hydrogen-bond acceptors (Lipinski definition) is 4. The molecule has 3 rings (SSSR count). The quantitative estimate of drug-likeness (QED) is 0.217. The summed E-state index contributed by atoms with van der Waals surface area (Å²) in [5, 5.41) is 0. The molecule has 32 heavy (non-hydrogen) atoms. The maximum absolute atomic E-state index is 10.4. The summed E-state index contributed by atoms with van der Waals surface area (Å²) < 4.78 is 25.1. The van der Waals surface area contributed by atoms with Crippen LogP contribution in [0.3, 0.4) is 0 Å². The third-order valence-electron chi connectivity index (χ3n) is 4.66. The Morgan fingerprint density at radius 2 is 1.09 bits per heavy atom. The van der Waals surface area contributed by atoms with Gasteiger partial charge >= 0.3 is 0 Å². The van der Waals surface area contributed by atoms with E-state index in [1.165, 1.54) is 33.9 Å². The Bertz CT molecular complexity index is 869. The zero-order valence-electron chi connectivity index (χ0n) is 18.6. The molecular formula is C26H32O3S3. The summed E-state index contributed by atoms with van der Waals surface area (Å²) >= 11 is 4.05. The molecular weight excluding hydrogens is 456 g/mol. The van der Waals surface area contributed by atoms with Crippen molar-refractivity contribution in [2.24, 2.45) is 0 Å². The van der Waals surface area contributed by atoms with Gasteiger partial charge in [-0.25, -0.2) is 4.21 Å². The van der Waals surface area contributed by atoms with Gasteiger partial charge in [-0.1, -0.05) is 93.6 Å². The summed E-state index contributed by atoms with van der Waals surface area (Å²) in [6, 6.07) is 32.2. The lowest BCUT2D eigenvalue weighted by atomic mass is 10.1. The van der Waals surface area contributed by atoms with E-state index in [-0.39, 0.29) is 17.5 Å². The van der Waals surface area contributed by atoms with Crippen LogP contribution in [0.2, 0.25) is 0 Å². The molecule has 3 aromatic carbocycles. The Labute approximate surface area is 201 Å². The smallest absolute Gasteiger partial charge is 0.166 e. The predicted octanol–water partition coefficient (Wildman–Crippen LogP) is 6.94. The van der Waals surface area contributed by atoms with Crippen molar-refractivity contribution in [3.8, 4) is 0 Å². The SMILES string of the molecule is CCCCCCCCOS(=O)([O-])=S.c1ccc([S+](c2ccccc2)c2ccccc2)cc1. The van der Waals surface area contributed by atoms with Crippen molar-refractivity contribution in [1.82, 2.24) is 0 Å². The highest BCUT2D eigenvalue weighted by atomic mass is 32.9. The van der Waals surface area contributed by atoms with Crippen molar-refractivity contribution < 1.29 is 12.9 Å². The fourth-order valence-corrected chi connectivity index (χ4v) is 5.75. The molecule has 3 nitrogen and oxygen atoms in total. The summed E-state index contributed by atoms with van der Waals surface area (Å²) in [4.78, 5) is 4.08. The molecule has 0 fully saturated rings. The van der Waals surface area contributed by atoms with Gasteiger partial charge in [-0.3, -0.25) is 4.18 Å². The molecule has 0 N–H and O–H groups in total. The highest BCUT2D eigenvalue weighted by Gasteiger charge is 2.27. The van der Waals surface area contributed by atoms with Crippen LogP contribution in [0.25, 0.3) is 0 Å². The predicted molar refractivity (Wildman–Crippen MR) is 137 cm³/mol. The molecule has 3 aromatic rings. The van der Waals surface area contributed by atoms with Crippen LogP contribution in [0.4, 0.5) is 0 Å². The molecule has 0 aliphatic carbocycles. The number of unbranched alkanes of at least 4 members (excludes halogenated alkanes) is 5. The lowest BCUT2D eigenvalue weighted by Crippen LogP contribution is -2.04. The lowest BCUT2D eigenvalue weighted by Gasteiger charge is -2.10. The molecule has 0 spiro atoms. The van der Waals surface area contributed by atoms with Gasteiger partial charge in [0, 0.05) is 0 Å². The highest BCUT2D eigenvalue weighted by molar-refractivity contribution is 8.26. The average molecular weight is 489 g/mol. The van der Waals surface area contributed by atoms with E-state index < -0.39 is 9.05 Å². The first-order valence-electron chi connectivity index (χ1n) is 11.0. The summed E-state index contributed by atoms with van der Waals surface area (Å²) in [5.74, 6) is 0. The zero-order chi connectivity index (χ0) is 23.1. The molecule has 172 valence electrons. The molecule has 0 saturated carbocycles. The minimum absolute atomic E-state index is 0.0146. The monoisotopic (exact) mass is 488 g/mol. The van der Waals surface area contributed by atoms with Gasteiger partial charge in [-0.15, -0.1) is 0 Å². The normalized spacial score (nSPS) is 12.6. The van der Waals surface area contributed by atoms with Crippen LogP contribution in [0.1, 0.15) is 45.4 Å². The maximum Gasteiger partial charge on any atom is 0.166 e. The first-order valence-corrected chi connectivity index (χ1v) is 14.6. The van der Waals surface area contributed by atoms with Crippen LogP contribution in [-0.4, -0.2) is 15.4 Å². The number of hydrogen-bond donors (Lipinski definition) is 0. The van der Waals surface area contributed by atoms with Crippen LogP contribution in [0, 0.1) is 0 Å². The fourth-order valence-electron chi connectivity index (χ4n) is 3.12. The number of benzene rings is 3. The molecule has 0 bridgehead atoms. The Kier molecular flexibility index (Phi) is 12.6. The van der Waals surface area contributed by atoms with Gasteiger partial charge in [0.05, 0.1) is 26.6 Å². The van der Waals surface area contributed by atoms with E-state index >= 15 is 0 Å². The Balaban J connectivity index is 0.000000247. The number of rotatable bonds is 11. The van der Waals surface area contributed by atoms with Crippen LogP contribution < -0.4 is 0 Å². The van der Waals surface area contributed by atoms with Gasteiger partial charge in [0.1, 0.15) is 0 Å². The molecule has 0 radical (unpaired) electrons. The Morgan fingerprint density at radius 1 is 0.719 bits per heavy atom. The first kappa shape index (κ1) is 26.6. The van der Waals surface area contributed by atoms with Crippen molar-refractivity contribution in [3.05, 3.63) is 91.0 Å². The van der Waals surface area contributed by atoms with Gasteiger partial charge in [0.25, 0.3) is 0 Å². The van der Waals surface area contributed by atoms with E-state index in [9.17, 15) is 8.76 Å². The van der Waals surface area contributed by atoms with Crippen LogP contribution in [-0.2, 0) is 35.3 Å². The third-order valence-corrected chi connectivity index (χ3v) is 7.64. The molecule has 1 atom stereocenters. The second kappa shape index (κ2) is 15.2. The van der Waals surface area contributed by atoms with Crippen molar-refractivity contribution in [2.75, 3.05) is 6.61 Å². The van der Waals surface area contributed by atoms with Gasteiger partial charge in [-0.05, 0) is 54.0 Å². The highest BCUT2D eigenvalue weighted by Crippen LogP contribution is 2.30. The van der Waals surface area contributed by atoms with Crippen molar-refractivity contribution in [3.63, 3.8) is 0 Å². The summed E-state index contributed by atoms with van der Waals surface area (Å²) in [5.41, 5.74) is 0. The second-order valence-corrected chi connectivity index (χ2v) is 11.5. The zero-order valence-corrected chi connectivity index (χ0v) is 21.0. The van der Waals surface area contributed by atoms with E-state index in [4.69, 9.17) is 0 Å². The van der Waals surface area contributed by atoms with E-state index in [0.717, 1.165) is 19.3 Å². The van der Waals surface area contributed by atoms with Gasteiger partial charge in [-0.2, -0.15) is 0 Å². The minimum Gasteiger partial charge on any atom is -0.748 e. The van der Waals surface area contributed by atoms with Crippen LogP contribution >= 0.6 is 0 Å². The summed E-state index contributed by atoms with van der Waals surface area (Å²) in [6.45, 7) is 2.39. The average Bonchev–Trinajstić information content (AvgIpc) is 2.81. The molecule has 0 amide bonds. The van der Waals surface area contributed by atoms with Crippen molar-refractivity contribution in [2.45, 2.75) is 60.1 Å². The van der Waals surface area contributed by atoms with E-state index in [0.29, 0.717) is 0 Å². The van der Waals surface area contributed by atoms with Gasteiger partial charge in [0.15, 0.2) is 14.7 Å². The largest absolute Gasteiger partial charge is 0.748 e. The van der Waals surface area contributed by atoms with Crippen LogP contribution in [0.5, 0.6) is 0 Å². The molecule has 1 unspecified atom stereocenters. The molecule has 0 heterocycles. The minimum atomic E-state index is -3.64. The maximum atomic E-state index is 10.4. The van der Waals surface area contributed by atoms with Gasteiger partial charge in [0.2, 0.25) is 0 Å². The molecule has 0 aliphatic rings. The van der Waals surface area contributed by atoms with Gasteiger partial charge < -0.3 is 4.55 Å². The molecule has 0 aliphatic heterocycles. The second-order valence-electron chi connectivity index (χ2n) is 7.24. The van der Waals surface area contributed by atoms with E-state index in [2.05, 4.69) is 113 Å². The molecule has 6 heteroatoms. The summed E-state index contributed by atoms with van der Waals surface area (Å²) in [7, 11) is -3.65. The first-order chi connectivity index (χ1) is 15.5. The van der Waals surface area contributed by atoms with Crippen molar-refractivity contribution in [1.29, 1.82) is 0 Å². The van der Waals surface area contributed by atoms with Crippen LogP contribution in [0.15, 0.2) is 106 Å². The third kappa shape index (κ3) is 10.7. The topological polar surface area (TPSA) is 49.4 Å². The Hall–Kier alpha value is -1.70. The van der Waals surface area contributed by atoms with E-state index in [1.54, 1.807) is 0 Å². The Morgan fingerprint density at radius 3 is 1.47 bits per heavy atom. The molecule has 0 saturated heterocycles. The standard InChI is InChI=1S/C18H15S.C8H18O3S2/c1-4-10-16(11-5-1)19(17-12-6-2-7-13-17)18-14-8-3-9-15-18;1-2-3-4-5-6-7-8-11-13(9,10)12/h1-15H;2-8H2,1H3,(H,9,10,12)/q+1;/p-1. The van der Waals surface area contributed by atoms with Crippen molar-refractivity contribution >= 4 is 31.1 Å². The summed E-state index contributed by atoms with van der Waals surface area (Å²) in [6.07, 6.45) is 6.63. The fraction of sp³-hybridized carbons (Fsp3) is 0.308.